The summed E-state index contributed by atoms with van der Waals surface area (Å²) in [6.07, 6.45) is 1.69. The SMILES string of the molecule is CC.CC.CCCCc1nc(C(C)F)n(Cc2ccc(-c3ccccc3C3=NNNN3)cc2)n1. The number of nitrogens with one attached hydrogen (secondary N) is 3. The minimum atomic E-state index is -1.15. The Morgan fingerprint density at radius 3 is 2.24 bits per heavy atom. The summed E-state index contributed by atoms with van der Waals surface area (Å²) in [5.41, 5.74) is 12.6. The van der Waals surface area contributed by atoms with Crippen LogP contribution in [0.25, 0.3) is 11.1 Å². The summed E-state index contributed by atoms with van der Waals surface area (Å²) in [6.45, 7) is 12.1. The number of alkyl halides is 1. The van der Waals surface area contributed by atoms with E-state index in [2.05, 4.69) is 56.8 Å². The highest BCUT2D eigenvalue weighted by Crippen LogP contribution is 2.25. The Hall–Kier alpha value is -3.26. The van der Waals surface area contributed by atoms with Crippen LogP contribution in [0.4, 0.5) is 4.39 Å². The van der Waals surface area contributed by atoms with Crippen molar-refractivity contribution in [3.05, 3.63) is 71.3 Å². The molecule has 1 aliphatic rings. The minimum absolute atomic E-state index is 0.390. The average molecular weight is 468 g/mol. The van der Waals surface area contributed by atoms with Gasteiger partial charge in [-0.25, -0.2) is 19.6 Å². The number of hydrogen-bond acceptors (Lipinski definition) is 6. The number of amidine groups is 1. The van der Waals surface area contributed by atoms with E-state index in [1.54, 1.807) is 4.68 Å². The van der Waals surface area contributed by atoms with Gasteiger partial charge in [0.25, 0.3) is 0 Å². The van der Waals surface area contributed by atoms with Gasteiger partial charge in [-0.15, -0.1) is 10.6 Å². The van der Waals surface area contributed by atoms with Crippen LogP contribution in [0, 0.1) is 0 Å². The van der Waals surface area contributed by atoms with Crippen LogP contribution in [0.1, 0.15) is 83.3 Å². The Balaban J connectivity index is 0.000000970. The molecule has 2 aromatic carbocycles. The van der Waals surface area contributed by atoms with Crippen molar-refractivity contribution in [1.29, 1.82) is 0 Å². The molecule has 0 radical (unpaired) electrons. The molecule has 8 heteroatoms. The number of nitrogens with zero attached hydrogens (tertiary/aromatic N) is 4. The van der Waals surface area contributed by atoms with Gasteiger partial charge in [-0.1, -0.05) is 89.6 Å². The number of halogens is 1. The molecule has 1 aliphatic heterocycles. The zero-order chi connectivity index (χ0) is 24.9. The molecule has 184 valence electrons. The zero-order valence-corrected chi connectivity index (χ0v) is 21.2. The molecule has 2 heterocycles. The molecule has 4 rings (SSSR count). The predicted octanol–water partition coefficient (Wildman–Crippen LogP) is 5.69. The summed E-state index contributed by atoms with van der Waals surface area (Å²) in [6, 6.07) is 16.3. The Bertz CT molecular complexity index is 1030. The van der Waals surface area contributed by atoms with Crippen LogP contribution in [-0.4, -0.2) is 20.6 Å². The largest absolute Gasteiger partial charge is 0.285 e. The average Bonchev–Trinajstić information content (AvgIpc) is 3.56. The van der Waals surface area contributed by atoms with E-state index in [9.17, 15) is 4.39 Å². The molecular weight excluding hydrogens is 429 g/mol. The highest BCUT2D eigenvalue weighted by molar-refractivity contribution is 6.04. The third kappa shape index (κ3) is 6.87. The highest BCUT2D eigenvalue weighted by Gasteiger charge is 2.17. The number of benzene rings is 2. The first-order chi connectivity index (χ1) is 16.7. The van der Waals surface area contributed by atoms with E-state index in [0.717, 1.165) is 47.4 Å². The van der Waals surface area contributed by atoms with E-state index in [4.69, 9.17) is 0 Å². The van der Waals surface area contributed by atoms with E-state index in [0.29, 0.717) is 18.2 Å². The van der Waals surface area contributed by atoms with Crippen molar-refractivity contribution >= 4 is 5.84 Å². The maximum absolute atomic E-state index is 14.1. The quantitative estimate of drug-likeness (QED) is 0.396. The molecule has 0 saturated carbocycles. The highest BCUT2D eigenvalue weighted by atomic mass is 19.1. The number of hydrazine groups is 2. The van der Waals surface area contributed by atoms with E-state index in [1.807, 2.05) is 58.0 Å². The minimum Gasteiger partial charge on any atom is -0.285 e. The normalized spacial score (nSPS) is 12.9. The van der Waals surface area contributed by atoms with Gasteiger partial charge in [-0.2, -0.15) is 5.10 Å². The monoisotopic (exact) mass is 467 g/mol. The van der Waals surface area contributed by atoms with Gasteiger partial charge in [0.15, 0.2) is 23.7 Å². The first kappa shape index (κ1) is 27.0. The maximum atomic E-state index is 14.1. The molecule has 0 bridgehead atoms. The van der Waals surface area contributed by atoms with Crippen molar-refractivity contribution in [3.63, 3.8) is 0 Å². The van der Waals surface area contributed by atoms with Crippen molar-refractivity contribution in [2.45, 2.75) is 73.5 Å². The fraction of sp³-hybridized carbons (Fsp3) is 0.423. The fourth-order valence-electron chi connectivity index (χ4n) is 3.48. The summed E-state index contributed by atoms with van der Waals surface area (Å²) in [4.78, 5) is 4.41. The van der Waals surface area contributed by atoms with Gasteiger partial charge in [-0.05, 0) is 30.0 Å². The lowest BCUT2D eigenvalue weighted by Gasteiger charge is -2.11. The first-order valence-corrected chi connectivity index (χ1v) is 12.3. The summed E-state index contributed by atoms with van der Waals surface area (Å²) >= 11 is 0. The first-order valence-electron chi connectivity index (χ1n) is 12.3. The molecule has 1 unspecified atom stereocenters. The summed E-state index contributed by atoms with van der Waals surface area (Å²) in [7, 11) is 0. The molecule has 0 fully saturated rings. The molecule has 0 spiro atoms. The van der Waals surface area contributed by atoms with E-state index < -0.39 is 6.17 Å². The number of rotatable bonds is 8. The van der Waals surface area contributed by atoms with Gasteiger partial charge < -0.3 is 0 Å². The van der Waals surface area contributed by atoms with Crippen molar-refractivity contribution in [2.75, 3.05) is 0 Å². The third-order valence-electron chi connectivity index (χ3n) is 5.04. The van der Waals surface area contributed by atoms with Crippen molar-refractivity contribution < 1.29 is 4.39 Å². The molecular formula is C26H38FN7. The second-order valence-corrected chi connectivity index (χ2v) is 7.33. The van der Waals surface area contributed by atoms with Gasteiger partial charge in [0.1, 0.15) is 0 Å². The molecule has 7 nitrogen and oxygen atoms in total. The lowest BCUT2D eigenvalue weighted by atomic mass is 9.98. The second-order valence-electron chi connectivity index (χ2n) is 7.33. The Morgan fingerprint density at radius 2 is 1.65 bits per heavy atom. The van der Waals surface area contributed by atoms with Gasteiger partial charge in [0, 0.05) is 12.0 Å². The van der Waals surface area contributed by atoms with Crippen LogP contribution in [0.15, 0.2) is 53.6 Å². The van der Waals surface area contributed by atoms with Crippen LogP contribution in [0.2, 0.25) is 0 Å². The second kappa shape index (κ2) is 14.1. The van der Waals surface area contributed by atoms with E-state index >= 15 is 0 Å². The van der Waals surface area contributed by atoms with Crippen LogP contribution >= 0.6 is 0 Å². The Morgan fingerprint density at radius 1 is 0.971 bits per heavy atom. The molecule has 0 aliphatic carbocycles. The van der Waals surface area contributed by atoms with Gasteiger partial charge in [0.05, 0.1) is 6.54 Å². The van der Waals surface area contributed by atoms with Crippen molar-refractivity contribution in [3.8, 4) is 11.1 Å². The molecule has 1 aromatic heterocycles. The van der Waals surface area contributed by atoms with Gasteiger partial charge in [-0.3, -0.25) is 5.43 Å². The molecule has 34 heavy (non-hydrogen) atoms. The lowest BCUT2D eigenvalue weighted by Crippen LogP contribution is -2.35. The fourth-order valence-corrected chi connectivity index (χ4v) is 3.48. The molecule has 0 amide bonds. The van der Waals surface area contributed by atoms with Crippen LogP contribution < -0.4 is 16.5 Å². The summed E-state index contributed by atoms with van der Waals surface area (Å²) in [5.74, 6) is 1.84. The molecule has 1 atom stereocenters. The lowest BCUT2D eigenvalue weighted by molar-refractivity contribution is 0.341. The summed E-state index contributed by atoms with van der Waals surface area (Å²) in [5, 5.41) is 8.74. The number of aryl methyl sites for hydroxylation is 1. The summed E-state index contributed by atoms with van der Waals surface area (Å²) < 4.78 is 15.7. The predicted molar refractivity (Wildman–Crippen MR) is 138 cm³/mol. The molecule has 0 saturated heterocycles. The number of aromatic nitrogens is 3. The smallest absolute Gasteiger partial charge is 0.171 e. The zero-order valence-electron chi connectivity index (χ0n) is 21.2. The number of hydrogen-bond donors (Lipinski definition) is 3. The number of hydrazone groups is 1. The van der Waals surface area contributed by atoms with Crippen LogP contribution in [-0.2, 0) is 13.0 Å². The standard InChI is InChI=1S/C22H26FN7.2C2H6/c1-3-4-9-20-24-22(15(2)23)30(27-20)14-16-10-12-17(13-11-16)18-7-5-6-8-19(18)21-25-28-29-26-21;2*1-2/h5-8,10-13,15,28-29H,3-4,9,14H2,1-2H3,(H,25,26);2*1-2H3. The van der Waals surface area contributed by atoms with Crippen molar-refractivity contribution in [2.24, 2.45) is 5.10 Å². The van der Waals surface area contributed by atoms with Crippen LogP contribution in [0.5, 0.6) is 0 Å². The van der Waals surface area contributed by atoms with E-state index in [1.165, 1.54) is 6.92 Å². The van der Waals surface area contributed by atoms with Crippen molar-refractivity contribution in [1.82, 2.24) is 31.3 Å². The Labute approximate surface area is 202 Å². The molecule has 3 aromatic rings. The third-order valence-corrected chi connectivity index (χ3v) is 5.04. The molecule has 3 N–H and O–H groups in total. The maximum Gasteiger partial charge on any atom is 0.171 e. The number of unbranched alkanes of at least 4 members (excludes halogenated alkanes) is 1. The van der Waals surface area contributed by atoms with Gasteiger partial charge >= 0.3 is 0 Å². The topological polar surface area (TPSA) is 79.2 Å². The van der Waals surface area contributed by atoms with Crippen LogP contribution in [0.3, 0.4) is 0 Å². The van der Waals surface area contributed by atoms with E-state index in [-0.39, 0.29) is 0 Å². The van der Waals surface area contributed by atoms with Gasteiger partial charge in [0.2, 0.25) is 0 Å². The Kier molecular flexibility index (Phi) is 11.2.